The first-order chi connectivity index (χ1) is 14.3. The lowest BCUT2D eigenvalue weighted by Gasteiger charge is -2.13. The second-order valence-corrected chi connectivity index (χ2v) is 7.87. The van der Waals surface area contributed by atoms with Crippen LogP contribution in [0, 0.1) is 13.8 Å². The van der Waals surface area contributed by atoms with Crippen molar-refractivity contribution in [3.05, 3.63) is 63.4 Å². The number of aromatic nitrogens is 2. The number of ether oxygens (including phenoxy) is 2. The minimum atomic E-state index is 0.431. The molecular weight excluding hydrogens is 443 g/mol. The molecule has 0 saturated heterocycles. The highest BCUT2D eigenvalue weighted by atomic mass is 35.5. The third kappa shape index (κ3) is 5.16. The number of anilines is 2. The summed E-state index contributed by atoms with van der Waals surface area (Å²) in [7, 11) is 3.20. The molecule has 2 aromatic carbocycles. The van der Waals surface area contributed by atoms with Gasteiger partial charge in [-0.05, 0) is 43.8 Å². The maximum Gasteiger partial charge on any atom is 0.175 e. The molecule has 0 fully saturated rings. The summed E-state index contributed by atoms with van der Waals surface area (Å²) in [4.78, 5) is 0. The number of methoxy groups -OCH3 is 2. The number of hydrogen-bond donors (Lipinski definition) is 2. The highest BCUT2D eigenvalue weighted by Crippen LogP contribution is 2.27. The summed E-state index contributed by atoms with van der Waals surface area (Å²) in [6.07, 6.45) is 0. The molecule has 0 amide bonds. The Morgan fingerprint density at radius 1 is 1.03 bits per heavy atom. The number of benzene rings is 2. The molecule has 3 aromatic rings. The van der Waals surface area contributed by atoms with Crippen LogP contribution in [0.15, 0.2) is 36.4 Å². The lowest BCUT2D eigenvalue weighted by Crippen LogP contribution is -2.20. The molecule has 0 aliphatic carbocycles. The van der Waals surface area contributed by atoms with Crippen molar-refractivity contribution < 1.29 is 9.47 Å². The van der Waals surface area contributed by atoms with E-state index in [2.05, 4.69) is 15.7 Å². The lowest BCUT2D eigenvalue weighted by atomic mass is 10.2. The molecule has 0 saturated carbocycles. The fraction of sp³-hybridized carbons (Fsp3) is 0.238. The normalized spacial score (nSPS) is 10.6. The van der Waals surface area contributed by atoms with Crippen LogP contribution in [0.4, 0.5) is 11.4 Å². The monoisotopic (exact) mass is 464 g/mol. The first kappa shape index (κ1) is 22.2. The minimum Gasteiger partial charge on any atom is -0.497 e. The van der Waals surface area contributed by atoms with Gasteiger partial charge in [0.1, 0.15) is 11.5 Å². The van der Waals surface area contributed by atoms with Crippen LogP contribution in [0.2, 0.25) is 10.0 Å². The van der Waals surface area contributed by atoms with Crippen molar-refractivity contribution in [3.63, 3.8) is 0 Å². The van der Waals surface area contributed by atoms with Crippen molar-refractivity contribution in [2.24, 2.45) is 0 Å². The third-order valence-electron chi connectivity index (χ3n) is 4.56. The highest BCUT2D eigenvalue weighted by molar-refractivity contribution is 7.80. The van der Waals surface area contributed by atoms with Crippen molar-refractivity contribution in [1.29, 1.82) is 0 Å². The molecule has 3 rings (SSSR count). The van der Waals surface area contributed by atoms with Gasteiger partial charge in [0.15, 0.2) is 5.11 Å². The second-order valence-electron chi connectivity index (χ2n) is 6.62. The summed E-state index contributed by atoms with van der Waals surface area (Å²) < 4.78 is 12.5. The van der Waals surface area contributed by atoms with Crippen LogP contribution >= 0.6 is 35.4 Å². The molecular formula is C21H22Cl2N4O2S. The van der Waals surface area contributed by atoms with E-state index < -0.39 is 0 Å². The van der Waals surface area contributed by atoms with E-state index >= 15 is 0 Å². The van der Waals surface area contributed by atoms with Crippen molar-refractivity contribution >= 4 is 51.9 Å². The van der Waals surface area contributed by atoms with Crippen LogP contribution < -0.4 is 20.1 Å². The molecule has 158 valence electrons. The molecule has 0 atom stereocenters. The zero-order chi connectivity index (χ0) is 21.8. The molecule has 1 heterocycles. The first-order valence-electron chi connectivity index (χ1n) is 9.09. The second kappa shape index (κ2) is 9.55. The van der Waals surface area contributed by atoms with Crippen molar-refractivity contribution in [2.75, 3.05) is 24.9 Å². The van der Waals surface area contributed by atoms with E-state index in [1.165, 1.54) is 0 Å². The van der Waals surface area contributed by atoms with E-state index in [0.717, 1.165) is 28.3 Å². The molecule has 1 aromatic heterocycles. The van der Waals surface area contributed by atoms with Gasteiger partial charge in [0, 0.05) is 33.9 Å². The van der Waals surface area contributed by atoms with Crippen molar-refractivity contribution in [3.8, 4) is 11.5 Å². The molecule has 9 heteroatoms. The van der Waals surface area contributed by atoms with E-state index in [4.69, 9.17) is 44.9 Å². The van der Waals surface area contributed by atoms with E-state index in [1.54, 1.807) is 26.4 Å². The first-order valence-corrected chi connectivity index (χ1v) is 10.3. The number of thiocarbonyl (C=S) groups is 1. The number of nitrogens with zero attached hydrogens (tertiary/aromatic N) is 2. The maximum atomic E-state index is 6.31. The molecule has 6 nitrogen and oxygen atoms in total. The Bertz CT molecular complexity index is 1060. The van der Waals surface area contributed by atoms with Gasteiger partial charge in [0.25, 0.3) is 0 Å². The van der Waals surface area contributed by atoms with Crippen LogP contribution in [-0.2, 0) is 6.54 Å². The fourth-order valence-corrected chi connectivity index (χ4v) is 3.69. The van der Waals surface area contributed by atoms with Gasteiger partial charge in [-0.15, -0.1) is 0 Å². The largest absolute Gasteiger partial charge is 0.497 e. The molecule has 0 unspecified atom stereocenters. The Morgan fingerprint density at radius 3 is 2.30 bits per heavy atom. The zero-order valence-corrected chi connectivity index (χ0v) is 19.4. The van der Waals surface area contributed by atoms with Gasteiger partial charge in [0.2, 0.25) is 0 Å². The minimum absolute atomic E-state index is 0.431. The van der Waals surface area contributed by atoms with Gasteiger partial charge in [-0.2, -0.15) is 5.10 Å². The zero-order valence-electron chi connectivity index (χ0n) is 17.0. The van der Waals surface area contributed by atoms with Crippen LogP contribution in [-0.4, -0.2) is 29.1 Å². The summed E-state index contributed by atoms with van der Waals surface area (Å²) in [6.45, 7) is 4.42. The smallest absolute Gasteiger partial charge is 0.175 e. The maximum absolute atomic E-state index is 6.31. The molecule has 0 radical (unpaired) electrons. The Balaban J connectivity index is 1.76. The van der Waals surface area contributed by atoms with Crippen LogP contribution in [0.1, 0.15) is 17.0 Å². The number of halogens is 2. The Kier molecular flexibility index (Phi) is 7.07. The standard InChI is InChI=1S/C21H22Cl2N4O2S/c1-12-20(13(2)27(26-12)11-14-5-6-15(22)7-19(14)23)25-21(30)24-16-8-17(28-3)10-18(9-16)29-4/h5-10H,11H2,1-4H3,(H2,24,25,30). The molecule has 0 bridgehead atoms. The molecule has 30 heavy (non-hydrogen) atoms. The van der Waals surface area contributed by atoms with Gasteiger partial charge in [-0.25, -0.2) is 0 Å². The molecule has 0 aliphatic rings. The van der Waals surface area contributed by atoms with Crippen LogP contribution in [0.25, 0.3) is 0 Å². The van der Waals surface area contributed by atoms with Gasteiger partial charge in [-0.1, -0.05) is 29.3 Å². The SMILES string of the molecule is COc1cc(NC(=S)Nc2c(C)nn(Cc3ccc(Cl)cc3Cl)c2C)cc(OC)c1. The van der Waals surface area contributed by atoms with E-state index in [9.17, 15) is 0 Å². The Morgan fingerprint density at radius 2 is 1.70 bits per heavy atom. The van der Waals surface area contributed by atoms with Crippen molar-refractivity contribution in [1.82, 2.24) is 9.78 Å². The summed E-state index contributed by atoms with van der Waals surface area (Å²) in [5.41, 5.74) is 4.28. The summed E-state index contributed by atoms with van der Waals surface area (Å²) in [5.74, 6) is 1.33. The average molecular weight is 465 g/mol. The van der Waals surface area contributed by atoms with Gasteiger partial charge >= 0.3 is 0 Å². The topological polar surface area (TPSA) is 60.3 Å². The molecule has 0 spiro atoms. The molecule has 2 N–H and O–H groups in total. The van der Waals surface area contributed by atoms with E-state index in [0.29, 0.717) is 33.2 Å². The number of aryl methyl sites for hydroxylation is 1. The van der Waals surface area contributed by atoms with Crippen LogP contribution in [0.5, 0.6) is 11.5 Å². The quantitative estimate of drug-likeness (QED) is 0.457. The fourth-order valence-electron chi connectivity index (χ4n) is 3.00. The third-order valence-corrected chi connectivity index (χ3v) is 5.36. The summed E-state index contributed by atoms with van der Waals surface area (Å²) in [5, 5.41) is 12.6. The Labute approximate surface area is 191 Å². The number of hydrogen-bond acceptors (Lipinski definition) is 4. The van der Waals surface area contributed by atoms with Gasteiger partial charge < -0.3 is 20.1 Å². The molecule has 0 aliphatic heterocycles. The number of rotatable bonds is 6. The van der Waals surface area contributed by atoms with E-state index in [1.807, 2.05) is 42.8 Å². The van der Waals surface area contributed by atoms with Gasteiger partial charge in [0.05, 0.1) is 37.8 Å². The Hall–Kier alpha value is -2.48. The summed E-state index contributed by atoms with van der Waals surface area (Å²) >= 11 is 17.8. The summed E-state index contributed by atoms with van der Waals surface area (Å²) in [6, 6.07) is 10.9. The van der Waals surface area contributed by atoms with E-state index in [-0.39, 0.29) is 0 Å². The average Bonchev–Trinajstić information content (AvgIpc) is 2.97. The van der Waals surface area contributed by atoms with Gasteiger partial charge in [-0.3, -0.25) is 4.68 Å². The van der Waals surface area contributed by atoms with Crippen molar-refractivity contribution in [2.45, 2.75) is 20.4 Å². The lowest BCUT2D eigenvalue weighted by molar-refractivity contribution is 0.395. The predicted molar refractivity (Wildman–Crippen MR) is 127 cm³/mol. The highest BCUT2D eigenvalue weighted by Gasteiger charge is 2.14. The number of nitrogens with one attached hydrogen (secondary N) is 2. The predicted octanol–water partition coefficient (Wildman–Crippen LogP) is 5.68. The van der Waals surface area contributed by atoms with Crippen LogP contribution in [0.3, 0.4) is 0 Å².